The first-order chi connectivity index (χ1) is 5.83. The van der Waals surface area contributed by atoms with Gasteiger partial charge in [0, 0.05) is 11.6 Å². The molecule has 0 unspecified atom stereocenters. The topological polar surface area (TPSA) is 54.0 Å². The Kier molecular flexibility index (Phi) is 3.69. The average Bonchev–Trinajstić information content (AvgIpc) is 2.53. The molecule has 0 atom stereocenters. The smallest absolute Gasteiger partial charge is 0.234 e. The maximum absolute atomic E-state index is 10.9. The standard InChI is InChI=1S/C7H11N3OS/c1-8-4-6(11)10-5-7-9-2-3-12-7/h2-3,8H,4-5H2,1H3,(H,10,11). The Bertz CT molecular complexity index is 235. The number of likely N-dealkylation sites (N-methyl/N-ethyl adjacent to an activating group) is 1. The van der Waals surface area contributed by atoms with Crippen molar-refractivity contribution in [3.05, 3.63) is 16.6 Å². The molecular formula is C7H11N3OS. The molecule has 4 nitrogen and oxygen atoms in total. The van der Waals surface area contributed by atoms with Crippen molar-refractivity contribution in [2.24, 2.45) is 0 Å². The molecule has 0 radical (unpaired) electrons. The third-order valence-electron chi connectivity index (χ3n) is 1.26. The summed E-state index contributed by atoms with van der Waals surface area (Å²) in [6, 6.07) is 0. The number of rotatable bonds is 4. The van der Waals surface area contributed by atoms with Gasteiger partial charge in [0.1, 0.15) is 5.01 Å². The van der Waals surface area contributed by atoms with Crippen molar-refractivity contribution >= 4 is 17.2 Å². The highest BCUT2D eigenvalue weighted by atomic mass is 32.1. The summed E-state index contributed by atoms with van der Waals surface area (Å²) < 4.78 is 0. The third-order valence-corrected chi connectivity index (χ3v) is 2.04. The number of carbonyl (C=O) groups excluding carboxylic acids is 1. The zero-order valence-corrected chi connectivity index (χ0v) is 7.65. The van der Waals surface area contributed by atoms with E-state index in [1.165, 1.54) is 11.3 Å². The zero-order chi connectivity index (χ0) is 8.81. The fourth-order valence-electron chi connectivity index (χ4n) is 0.738. The second-order valence-corrected chi connectivity index (χ2v) is 3.21. The molecule has 0 saturated heterocycles. The Morgan fingerprint density at radius 3 is 3.17 bits per heavy atom. The molecular weight excluding hydrogens is 174 g/mol. The average molecular weight is 185 g/mol. The Balaban J connectivity index is 2.22. The van der Waals surface area contributed by atoms with Crippen LogP contribution < -0.4 is 10.6 Å². The van der Waals surface area contributed by atoms with Crippen molar-refractivity contribution in [1.29, 1.82) is 0 Å². The van der Waals surface area contributed by atoms with Crippen molar-refractivity contribution in [3.8, 4) is 0 Å². The van der Waals surface area contributed by atoms with Crippen molar-refractivity contribution in [3.63, 3.8) is 0 Å². The Morgan fingerprint density at radius 2 is 2.58 bits per heavy atom. The maximum atomic E-state index is 10.9. The number of carbonyl (C=O) groups is 1. The summed E-state index contributed by atoms with van der Waals surface area (Å²) >= 11 is 1.54. The van der Waals surface area contributed by atoms with Crippen LogP contribution in [0.3, 0.4) is 0 Å². The minimum Gasteiger partial charge on any atom is -0.348 e. The van der Waals surface area contributed by atoms with Gasteiger partial charge in [0.2, 0.25) is 5.91 Å². The Hall–Kier alpha value is -0.940. The molecule has 1 aromatic heterocycles. The molecule has 1 amide bonds. The second kappa shape index (κ2) is 4.84. The largest absolute Gasteiger partial charge is 0.348 e. The van der Waals surface area contributed by atoms with Gasteiger partial charge in [-0.3, -0.25) is 4.79 Å². The third kappa shape index (κ3) is 2.98. The fraction of sp³-hybridized carbons (Fsp3) is 0.429. The van der Waals surface area contributed by atoms with E-state index in [0.717, 1.165) is 5.01 Å². The SMILES string of the molecule is CNCC(=O)NCc1nccs1. The monoisotopic (exact) mass is 185 g/mol. The van der Waals surface area contributed by atoms with Crippen LogP contribution in [0.25, 0.3) is 0 Å². The lowest BCUT2D eigenvalue weighted by Crippen LogP contribution is -2.31. The van der Waals surface area contributed by atoms with E-state index in [4.69, 9.17) is 0 Å². The van der Waals surface area contributed by atoms with E-state index in [-0.39, 0.29) is 5.91 Å². The van der Waals surface area contributed by atoms with Crippen LogP contribution in [0.4, 0.5) is 0 Å². The van der Waals surface area contributed by atoms with Gasteiger partial charge in [-0.2, -0.15) is 0 Å². The minimum atomic E-state index is -0.00676. The van der Waals surface area contributed by atoms with E-state index in [9.17, 15) is 4.79 Å². The molecule has 0 spiro atoms. The van der Waals surface area contributed by atoms with E-state index in [2.05, 4.69) is 15.6 Å². The van der Waals surface area contributed by atoms with Crippen LogP contribution in [-0.2, 0) is 11.3 Å². The number of aromatic nitrogens is 1. The molecule has 0 aliphatic carbocycles. The normalized spacial score (nSPS) is 9.75. The van der Waals surface area contributed by atoms with Crippen LogP contribution >= 0.6 is 11.3 Å². The summed E-state index contributed by atoms with van der Waals surface area (Å²) in [5.41, 5.74) is 0. The van der Waals surface area contributed by atoms with Gasteiger partial charge in [-0.05, 0) is 7.05 Å². The molecule has 0 aliphatic rings. The zero-order valence-electron chi connectivity index (χ0n) is 6.83. The lowest BCUT2D eigenvalue weighted by molar-refractivity contribution is -0.120. The first-order valence-electron chi connectivity index (χ1n) is 3.62. The summed E-state index contributed by atoms with van der Waals surface area (Å²) in [7, 11) is 1.74. The predicted octanol–water partition coefficient (Wildman–Crippen LogP) is -0.0213. The van der Waals surface area contributed by atoms with Gasteiger partial charge in [-0.1, -0.05) is 0 Å². The van der Waals surface area contributed by atoms with E-state index in [1.54, 1.807) is 13.2 Å². The van der Waals surface area contributed by atoms with Crippen LogP contribution in [0, 0.1) is 0 Å². The lowest BCUT2D eigenvalue weighted by Gasteiger charge is -2.00. The molecule has 0 bridgehead atoms. The van der Waals surface area contributed by atoms with E-state index >= 15 is 0 Å². The van der Waals surface area contributed by atoms with Crippen molar-refractivity contribution in [1.82, 2.24) is 15.6 Å². The Morgan fingerprint density at radius 1 is 1.75 bits per heavy atom. The molecule has 1 aromatic rings. The summed E-state index contributed by atoms with van der Waals surface area (Å²) in [5, 5.41) is 8.32. The highest BCUT2D eigenvalue weighted by Gasteiger charge is 1.99. The van der Waals surface area contributed by atoms with Crippen molar-refractivity contribution in [2.75, 3.05) is 13.6 Å². The van der Waals surface area contributed by atoms with Crippen LogP contribution in [0.1, 0.15) is 5.01 Å². The van der Waals surface area contributed by atoms with Crippen molar-refractivity contribution in [2.45, 2.75) is 6.54 Å². The van der Waals surface area contributed by atoms with E-state index < -0.39 is 0 Å². The fourth-order valence-corrected chi connectivity index (χ4v) is 1.29. The van der Waals surface area contributed by atoms with Gasteiger partial charge in [0.15, 0.2) is 0 Å². The molecule has 0 aliphatic heterocycles. The van der Waals surface area contributed by atoms with Gasteiger partial charge in [-0.25, -0.2) is 4.98 Å². The highest BCUT2D eigenvalue weighted by Crippen LogP contribution is 2.01. The second-order valence-electron chi connectivity index (χ2n) is 2.23. The van der Waals surface area contributed by atoms with Crippen LogP contribution in [0.15, 0.2) is 11.6 Å². The number of thiazole rings is 1. The number of hydrogen-bond donors (Lipinski definition) is 2. The molecule has 1 heterocycles. The van der Waals surface area contributed by atoms with Gasteiger partial charge in [0.05, 0.1) is 13.1 Å². The van der Waals surface area contributed by atoms with Crippen LogP contribution in [-0.4, -0.2) is 24.5 Å². The van der Waals surface area contributed by atoms with Gasteiger partial charge < -0.3 is 10.6 Å². The minimum absolute atomic E-state index is 0.00676. The molecule has 0 saturated carbocycles. The maximum Gasteiger partial charge on any atom is 0.234 e. The summed E-state index contributed by atoms with van der Waals surface area (Å²) in [5.74, 6) is -0.00676. The van der Waals surface area contributed by atoms with Gasteiger partial charge in [0.25, 0.3) is 0 Å². The summed E-state index contributed by atoms with van der Waals surface area (Å²) in [4.78, 5) is 15.0. The van der Waals surface area contributed by atoms with E-state index in [0.29, 0.717) is 13.1 Å². The predicted molar refractivity (Wildman–Crippen MR) is 47.9 cm³/mol. The van der Waals surface area contributed by atoms with Crippen molar-refractivity contribution < 1.29 is 4.79 Å². The number of hydrogen-bond acceptors (Lipinski definition) is 4. The molecule has 0 aromatic carbocycles. The first kappa shape index (κ1) is 9.15. The van der Waals surface area contributed by atoms with Crippen LogP contribution in [0.5, 0.6) is 0 Å². The van der Waals surface area contributed by atoms with Gasteiger partial charge in [-0.15, -0.1) is 11.3 Å². The molecule has 0 fully saturated rings. The number of amides is 1. The lowest BCUT2D eigenvalue weighted by atomic mass is 10.5. The molecule has 1 rings (SSSR count). The number of nitrogens with zero attached hydrogens (tertiary/aromatic N) is 1. The Labute approximate surface area is 75.0 Å². The summed E-state index contributed by atoms with van der Waals surface area (Å²) in [6.45, 7) is 0.879. The number of nitrogens with one attached hydrogen (secondary N) is 2. The highest BCUT2D eigenvalue weighted by molar-refractivity contribution is 7.09. The molecule has 66 valence electrons. The summed E-state index contributed by atoms with van der Waals surface area (Å²) in [6.07, 6.45) is 1.73. The first-order valence-corrected chi connectivity index (χ1v) is 4.50. The molecule has 2 N–H and O–H groups in total. The van der Waals surface area contributed by atoms with E-state index in [1.807, 2.05) is 5.38 Å². The van der Waals surface area contributed by atoms with Crippen LogP contribution in [0.2, 0.25) is 0 Å². The molecule has 12 heavy (non-hydrogen) atoms. The quantitative estimate of drug-likeness (QED) is 0.693. The molecule has 5 heteroatoms. The van der Waals surface area contributed by atoms with Gasteiger partial charge >= 0.3 is 0 Å².